The normalized spacial score (nSPS) is 10.4. The highest BCUT2D eigenvalue weighted by Crippen LogP contribution is 2.18. The molecule has 72 valence electrons. The molecule has 0 saturated heterocycles. The van der Waals surface area contributed by atoms with Crippen molar-refractivity contribution in [3.05, 3.63) is 24.0 Å². The van der Waals surface area contributed by atoms with Gasteiger partial charge in [-0.1, -0.05) is 0 Å². The highest BCUT2D eigenvalue weighted by molar-refractivity contribution is 5.59. The standard InChI is InChI=1S/C8H10N6/c1-5-6(3-2-4-11-5)7-12-13-8(9)14(7)10/h2-4H,10H2,1H3,(H2,9,13). The second-order valence-corrected chi connectivity index (χ2v) is 2.89. The molecular weight excluding hydrogens is 180 g/mol. The number of hydrogen-bond donors (Lipinski definition) is 2. The number of hydrogen-bond acceptors (Lipinski definition) is 5. The Bertz CT molecular complexity index is 461. The van der Waals surface area contributed by atoms with E-state index < -0.39 is 0 Å². The van der Waals surface area contributed by atoms with Crippen molar-refractivity contribution in [2.75, 3.05) is 11.6 Å². The summed E-state index contributed by atoms with van der Waals surface area (Å²) in [6, 6.07) is 3.68. The highest BCUT2D eigenvalue weighted by Gasteiger charge is 2.11. The van der Waals surface area contributed by atoms with Gasteiger partial charge in [-0.2, -0.15) is 0 Å². The van der Waals surface area contributed by atoms with Crippen molar-refractivity contribution in [2.24, 2.45) is 0 Å². The van der Waals surface area contributed by atoms with E-state index in [0.717, 1.165) is 11.3 Å². The predicted octanol–water partition coefficient (Wildman–Crippen LogP) is -0.0555. The zero-order chi connectivity index (χ0) is 10.1. The number of nitrogens with two attached hydrogens (primary N) is 2. The molecule has 14 heavy (non-hydrogen) atoms. The minimum Gasteiger partial charge on any atom is -0.366 e. The number of aromatic nitrogens is 4. The van der Waals surface area contributed by atoms with Gasteiger partial charge in [-0.05, 0) is 19.1 Å². The summed E-state index contributed by atoms with van der Waals surface area (Å²) in [6.07, 6.45) is 1.71. The van der Waals surface area contributed by atoms with Gasteiger partial charge in [0, 0.05) is 17.5 Å². The van der Waals surface area contributed by atoms with Crippen molar-refractivity contribution < 1.29 is 0 Å². The zero-order valence-electron chi connectivity index (χ0n) is 7.68. The van der Waals surface area contributed by atoms with Gasteiger partial charge >= 0.3 is 0 Å². The van der Waals surface area contributed by atoms with Crippen LogP contribution in [0.25, 0.3) is 11.4 Å². The number of nitrogens with zero attached hydrogens (tertiary/aromatic N) is 4. The molecule has 2 rings (SSSR count). The van der Waals surface area contributed by atoms with Gasteiger partial charge in [-0.15, -0.1) is 10.2 Å². The van der Waals surface area contributed by atoms with Gasteiger partial charge in [-0.25, -0.2) is 4.68 Å². The molecule has 0 spiro atoms. The SMILES string of the molecule is Cc1ncccc1-c1nnc(N)n1N. The molecule has 0 aliphatic rings. The largest absolute Gasteiger partial charge is 0.366 e. The van der Waals surface area contributed by atoms with Crippen molar-refractivity contribution in [2.45, 2.75) is 6.92 Å². The zero-order valence-corrected chi connectivity index (χ0v) is 7.68. The van der Waals surface area contributed by atoms with Gasteiger partial charge in [-0.3, -0.25) is 4.98 Å². The molecule has 4 N–H and O–H groups in total. The fourth-order valence-corrected chi connectivity index (χ4v) is 1.21. The first-order valence-electron chi connectivity index (χ1n) is 4.08. The van der Waals surface area contributed by atoms with Crippen molar-refractivity contribution in [1.82, 2.24) is 19.9 Å². The van der Waals surface area contributed by atoms with Gasteiger partial charge in [0.1, 0.15) is 0 Å². The molecule has 2 heterocycles. The van der Waals surface area contributed by atoms with Crippen LogP contribution < -0.4 is 11.6 Å². The second-order valence-electron chi connectivity index (χ2n) is 2.89. The van der Waals surface area contributed by atoms with E-state index in [1.165, 1.54) is 4.68 Å². The van der Waals surface area contributed by atoms with Crippen LogP contribution in [-0.4, -0.2) is 19.9 Å². The lowest BCUT2D eigenvalue weighted by molar-refractivity contribution is 1.01. The van der Waals surface area contributed by atoms with Crippen LogP contribution in [-0.2, 0) is 0 Å². The van der Waals surface area contributed by atoms with E-state index in [1.807, 2.05) is 19.1 Å². The fourth-order valence-electron chi connectivity index (χ4n) is 1.21. The monoisotopic (exact) mass is 190 g/mol. The van der Waals surface area contributed by atoms with Crippen molar-refractivity contribution >= 4 is 5.95 Å². The smallest absolute Gasteiger partial charge is 0.241 e. The molecule has 0 fully saturated rings. The quantitative estimate of drug-likeness (QED) is 0.614. The molecule has 0 aliphatic heterocycles. The average Bonchev–Trinajstić information content (AvgIpc) is 2.49. The van der Waals surface area contributed by atoms with E-state index >= 15 is 0 Å². The maximum atomic E-state index is 5.64. The van der Waals surface area contributed by atoms with E-state index in [4.69, 9.17) is 11.6 Å². The molecule has 6 heteroatoms. The Labute approximate surface area is 80.5 Å². The Morgan fingerprint density at radius 3 is 2.71 bits per heavy atom. The lowest BCUT2D eigenvalue weighted by Gasteiger charge is -2.03. The van der Waals surface area contributed by atoms with Crippen molar-refractivity contribution in [3.8, 4) is 11.4 Å². The Balaban J connectivity index is 2.60. The third-order valence-corrected chi connectivity index (χ3v) is 1.97. The Morgan fingerprint density at radius 2 is 2.14 bits per heavy atom. The van der Waals surface area contributed by atoms with E-state index in [2.05, 4.69) is 15.2 Å². The molecule has 0 atom stereocenters. The Kier molecular flexibility index (Phi) is 1.81. The van der Waals surface area contributed by atoms with E-state index in [0.29, 0.717) is 5.82 Å². The molecular formula is C8H10N6. The number of aryl methyl sites for hydroxylation is 1. The molecule has 2 aromatic heterocycles. The van der Waals surface area contributed by atoms with Gasteiger partial charge in [0.15, 0.2) is 5.82 Å². The molecule has 0 bridgehead atoms. The predicted molar refractivity (Wildman–Crippen MR) is 52.6 cm³/mol. The average molecular weight is 190 g/mol. The molecule has 6 nitrogen and oxygen atoms in total. The van der Waals surface area contributed by atoms with E-state index in [-0.39, 0.29) is 5.95 Å². The van der Waals surface area contributed by atoms with Gasteiger partial charge in [0.05, 0.1) is 0 Å². The summed E-state index contributed by atoms with van der Waals surface area (Å²) in [5, 5.41) is 7.54. The van der Waals surface area contributed by atoms with Gasteiger partial charge in [0.25, 0.3) is 0 Å². The third-order valence-electron chi connectivity index (χ3n) is 1.97. The summed E-state index contributed by atoms with van der Waals surface area (Å²) in [5.74, 6) is 6.35. The first-order chi connectivity index (χ1) is 6.70. The van der Waals surface area contributed by atoms with Crippen LogP contribution in [0.3, 0.4) is 0 Å². The van der Waals surface area contributed by atoms with Crippen LogP contribution >= 0.6 is 0 Å². The Morgan fingerprint density at radius 1 is 1.36 bits per heavy atom. The number of rotatable bonds is 1. The summed E-state index contributed by atoms with van der Waals surface area (Å²) >= 11 is 0. The number of pyridine rings is 1. The number of nitrogen functional groups attached to an aromatic ring is 2. The van der Waals surface area contributed by atoms with Crippen molar-refractivity contribution in [3.63, 3.8) is 0 Å². The topological polar surface area (TPSA) is 95.6 Å². The summed E-state index contributed by atoms with van der Waals surface area (Å²) in [5.41, 5.74) is 7.14. The van der Waals surface area contributed by atoms with Crippen LogP contribution in [0.1, 0.15) is 5.69 Å². The lowest BCUT2D eigenvalue weighted by Crippen LogP contribution is -2.13. The first-order valence-corrected chi connectivity index (χ1v) is 4.08. The maximum Gasteiger partial charge on any atom is 0.241 e. The molecule has 0 aliphatic carbocycles. The minimum atomic E-state index is 0.184. The van der Waals surface area contributed by atoms with Crippen molar-refractivity contribution in [1.29, 1.82) is 0 Å². The minimum absolute atomic E-state index is 0.184. The fraction of sp³-hybridized carbons (Fsp3) is 0.125. The molecule has 0 aromatic carbocycles. The highest BCUT2D eigenvalue weighted by atomic mass is 15.4. The summed E-state index contributed by atoms with van der Waals surface area (Å²) < 4.78 is 1.24. The molecule has 0 amide bonds. The first kappa shape index (κ1) is 8.49. The number of anilines is 1. The summed E-state index contributed by atoms with van der Waals surface area (Å²) in [6.45, 7) is 1.88. The summed E-state index contributed by atoms with van der Waals surface area (Å²) in [4.78, 5) is 4.13. The van der Waals surface area contributed by atoms with Gasteiger partial charge in [0.2, 0.25) is 5.95 Å². The lowest BCUT2D eigenvalue weighted by atomic mass is 10.2. The third kappa shape index (κ3) is 1.17. The maximum absolute atomic E-state index is 5.64. The van der Waals surface area contributed by atoms with Gasteiger partial charge < -0.3 is 11.6 Å². The molecule has 0 radical (unpaired) electrons. The van der Waals surface area contributed by atoms with E-state index in [9.17, 15) is 0 Å². The molecule has 0 saturated carbocycles. The molecule has 2 aromatic rings. The van der Waals surface area contributed by atoms with Crippen LogP contribution in [0.4, 0.5) is 5.95 Å². The van der Waals surface area contributed by atoms with Crippen LogP contribution in [0.15, 0.2) is 18.3 Å². The van der Waals surface area contributed by atoms with Crippen LogP contribution in [0, 0.1) is 6.92 Å². The summed E-state index contributed by atoms with van der Waals surface area (Å²) in [7, 11) is 0. The molecule has 0 unspecified atom stereocenters. The van der Waals surface area contributed by atoms with Crippen LogP contribution in [0.5, 0.6) is 0 Å². The van der Waals surface area contributed by atoms with E-state index in [1.54, 1.807) is 6.20 Å². The van der Waals surface area contributed by atoms with Crippen LogP contribution in [0.2, 0.25) is 0 Å². The Hall–Kier alpha value is -2.11. The second kappa shape index (κ2) is 2.99.